The van der Waals surface area contributed by atoms with E-state index in [1.54, 1.807) is 0 Å². The molecule has 0 heterocycles. The average molecular weight is 211 g/mol. The molecule has 0 saturated heterocycles. The van der Waals surface area contributed by atoms with E-state index in [1.165, 1.54) is 5.56 Å². The van der Waals surface area contributed by atoms with E-state index < -0.39 is 11.0 Å². The normalized spacial score (nSPS) is 12.7. The van der Waals surface area contributed by atoms with Crippen LogP contribution in [0.25, 0.3) is 0 Å². The lowest BCUT2D eigenvalue weighted by Crippen LogP contribution is -2.19. The Morgan fingerprint density at radius 1 is 1.29 bits per heavy atom. The van der Waals surface area contributed by atoms with Gasteiger partial charge in [0.05, 0.1) is 16.7 Å². The van der Waals surface area contributed by atoms with Gasteiger partial charge in [-0.15, -0.1) is 0 Å². The molecule has 0 aliphatic heterocycles. The molecule has 0 amide bonds. The second kappa shape index (κ2) is 5.94. The fourth-order valence-corrected chi connectivity index (χ4v) is 2.13. The molecular formula is C11H17NOS. The number of aryl methyl sites for hydroxylation is 1. The van der Waals surface area contributed by atoms with Crippen molar-refractivity contribution >= 4 is 11.0 Å². The van der Waals surface area contributed by atoms with Crippen molar-refractivity contribution in [2.45, 2.75) is 26.0 Å². The molecule has 1 rings (SSSR count). The highest BCUT2D eigenvalue weighted by atomic mass is 32.2. The molecule has 0 aliphatic carbocycles. The number of rotatable bonds is 5. The number of nitrogens with one attached hydrogen (secondary N) is 1. The average Bonchev–Trinajstić information content (AvgIpc) is 2.18. The molecule has 3 heteroatoms. The first-order valence-corrected chi connectivity index (χ1v) is 6.21. The van der Waals surface area contributed by atoms with E-state index in [0.717, 1.165) is 18.5 Å². The largest absolute Gasteiger partial charge is 0.243 e. The number of hydrogen-bond donors (Lipinski definition) is 1. The Balaban J connectivity index is 2.44. The third-order valence-electron chi connectivity index (χ3n) is 1.93. The van der Waals surface area contributed by atoms with E-state index in [-0.39, 0.29) is 0 Å². The quantitative estimate of drug-likeness (QED) is 0.794. The van der Waals surface area contributed by atoms with E-state index in [2.05, 4.69) is 18.6 Å². The van der Waals surface area contributed by atoms with Crippen molar-refractivity contribution in [3.8, 4) is 0 Å². The maximum atomic E-state index is 11.5. The topological polar surface area (TPSA) is 29.1 Å². The Kier molecular flexibility index (Phi) is 4.84. The smallest absolute Gasteiger partial charge is 0.0960 e. The zero-order valence-electron chi connectivity index (χ0n) is 8.75. The third-order valence-corrected chi connectivity index (χ3v) is 3.05. The fourth-order valence-electron chi connectivity index (χ4n) is 1.10. The summed E-state index contributed by atoms with van der Waals surface area (Å²) in [5.41, 5.74) is 2.36. The highest BCUT2D eigenvalue weighted by Gasteiger charge is 1.99. The van der Waals surface area contributed by atoms with Crippen LogP contribution in [0.1, 0.15) is 24.5 Å². The predicted octanol–water partition coefficient (Wildman–Crippen LogP) is 2.16. The molecule has 0 fully saturated rings. The number of hydrogen-bond acceptors (Lipinski definition) is 1. The minimum absolute atomic E-state index is 0.597. The van der Waals surface area contributed by atoms with Gasteiger partial charge < -0.3 is 0 Å². The van der Waals surface area contributed by atoms with Crippen molar-refractivity contribution in [1.29, 1.82) is 0 Å². The first kappa shape index (κ1) is 11.4. The molecule has 0 bridgehead atoms. The monoisotopic (exact) mass is 211 g/mol. The minimum atomic E-state index is -0.927. The van der Waals surface area contributed by atoms with Crippen LogP contribution in [0.2, 0.25) is 0 Å². The summed E-state index contributed by atoms with van der Waals surface area (Å²) in [5, 5.41) is 0. The summed E-state index contributed by atoms with van der Waals surface area (Å²) in [6.07, 6.45) is 1.01. The van der Waals surface area contributed by atoms with Crippen LogP contribution < -0.4 is 4.72 Å². The summed E-state index contributed by atoms with van der Waals surface area (Å²) in [6, 6.07) is 8.15. The third kappa shape index (κ3) is 4.03. The lowest BCUT2D eigenvalue weighted by molar-refractivity contribution is 0.670. The summed E-state index contributed by atoms with van der Waals surface area (Å²) in [4.78, 5) is 0. The molecule has 0 aromatic heterocycles. The Bertz CT molecular complexity index is 295. The highest BCUT2D eigenvalue weighted by Crippen LogP contribution is 2.04. The van der Waals surface area contributed by atoms with E-state index in [0.29, 0.717) is 5.75 Å². The van der Waals surface area contributed by atoms with Gasteiger partial charge in [-0.3, -0.25) is 0 Å². The van der Waals surface area contributed by atoms with Crippen molar-refractivity contribution in [3.63, 3.8) is 0 Å². The molecular weight excluding hydrogens is 194 g/mol. The maximum absolute atomic E-state index is 11.5. The van der Waals surface area contributed by atoms with Crippen molar-refractivity contribution in [2.24, 2.45) is 0 Å². The molecule has 0 spiro atoms. The first-order valence-electron chi connectivity index (χ1n) is 4.90. The maximum Gasteiger partial charge on any atom is 0.0960 e. The SMILES string of the molecule is CCCNS(=O)Cc1ccc(C)cc1. The van der Waals surface area contributed by atoms with Gasteiger partial charge in [-0.2, -0.15) is 0 Å². The minimum Gasteiger partial charge on any atom is -0.243 e. The van der Waals surface area contributed by atoms with Gasteiger partial charge in [-0.1, -0.05) is 36.8 Å². The molecule has 1 aromatic carbocycles. The first-order chi connectivity index (χ1) is 6.72. The van der Waals surface area contributed by atoms with Crippen molar-refractivity contribution in [3.05, 3.63) is 35.4 Å². The molecule has 0 radical (unpaired) electrons. The Labute approximate surface area is 88.3 Å². The zero-order chi connectivity index (χ0) is 10.4. The van der Waals surface area contributed by atoms with Crippen LogP contribution in [0.3, 0.4) is 0 Å². The van der Waals surface area contributed by atoms with Crippen LogP contribution in [0.5, 0.6) is 0 Å². The Morgan fingerprint density at radius 2 is 1.93 bits per heavy atom. The lowest BCUT2D eigenvalue weighted by atomic mass is 10.2. The second-order valence-corrected chi connectivity index (χ2v) is 4.64. The van der Waals surface area contributed by atoms with Gasteiger partial charge in [0.1, 0.15) is 0 Å². The molecule has 1 atom stereocenters. The molecule has 78 valence electrons. The molecule has 0 saturated carbocycles. The van der Waals surface area contributed by atoms with Crippen molar-refractivity contribution < 1.29 is 4.21 Å². The van der Waals surface area contributed by atoms with E-state index in [9.17, 15) is 4.21 Å². The van der Waals surface area contributed by atoms with Crippen LogP contribution >= 0.6 is 0 Å². The van der Waals surface area contributed by atoms with Gasteiger partial charge in [-0.05, 0) is 18.9 Å². The van der Waals surface area contributed by atoms with Crippen LogP contribution in [0, 0.1) is 6.92 Å². The lowest BCUT2D eigenvalue weighted by Gasteiger charge is -2.03. The molecule has 1 unspecified atom stereocenters. The Morgan fingerprint density at radius 3 is 2.50 bits per heavy atom. The van der Waals surface area contributed by atoms with Crippen molar-refractivity contribution in [1.82, 2.24) is 4.72 Å². The molecule has 14 heavy (non-hydrogen) atoms. The van der Waals surface area contributed by atoms with E-state index >= 15 is 0 Å². The molecule has 1 aromatic rings. The second-order valence-electron chi connectivity index (χ2n) is 3.37. The van der Waals surface area contributed by atoms with Gasteiger partial charge in [0.15, 0.2) is 0 Å². The Hall–Kier alpha value is -0.670. The summed E-state index contributed by atoms with van der Waals surface area (Å²) < 4.78 is 14.4. The van der Waals surface area contributed by atoms with Gasteiger partial charge >= 0.3 is 0 Å². The van der Waals surface area contributed by atoms with E-state index in [4.69, 9.17) is 0 Å². The van der Waals surface area contributed by atoms with Crippen LogP contribution in [0.15, 0.2) is 24.3 Å². The number of benzene rings is 1. The van der Waals surface area contributed by atoms with Gasteiger partial charge in [0, 0.05) is 6.54 Å². The van der Waals surface area contributed by atoms with Crippen molar-refractivity contribution in [2.75, 3.05) is 6.54 Å². The standard InChI is InChI=1S/C11H17NOS/c1-3-8-12-14(13)9-11-6-4-10(2)5-7-11/h4-7,12H,3,8-9H2,1-2H3. The highest BCUT2D eigenvalue weighted by molar-refractivity contribution is 7.82. The molecule has 2 nitrogen and oxygen atoms in total. The fraction of sp³-hybridized carbons (Fsp3) is 0.455. The molecule has 0 aliphatic rings. The summed E-state index contributed by atoms with van der Waals surface area (Å²) >= 11 is 0. The predicted molar refractivity (Wildman–Crippen MR) is 61.3 cm³/mol. The van der Waals surface area contributed by atoms with Crippen LogP contribution in [-0.2, 0) is 16.7 Å². The zero-order valence-corrected chi connectivity index (χ0v) is 9.56. The van der Waals surface area contributed by atoms with Crippen LogP contribution in [0.4, 0.5) is 0 Å². The van der Waals surface area contributed by atoms with Gasteiger partial charge in [0.25, 0.3) is 0 Å². The van der Waals surface area contributed by atoms with E-state index in [1.807, 2.05) is 24.3 Å². The van der Waals surface area contributed by atoms with Crippen LogP contribution in [-0.4, -0.2) is 10.8 Å². The van der Waals surface area contributed by atoms with Gasteiger partial charge in [0.2, 0.25) is 0 Å². The van der Waals surface area contributed by atoms with Gasteiger partial charge in [-0.25, -0.2) is 8.93 Å². The molecule has 1 N–H and O–H groups in total. The summed E-state index contributed by atoms with van der Waals surface area (Å²) in [5.74, 6) is 0.597. The summed E-state index contributed by atoms with van der Waals surface area (Å²) in [6.45, 7) is 4.94. The summed E-state index contributed by atoms with van der Waals surface area (Å²) in [7, 11) is -0.927.